The zero-order chi connectivity index (χ0) is 18.6. The van der Waals surface area contributed by atoms with E-state index in [-0.39, 0.29) is 5.91 Å². The van der Waals surface area contributed by atoms with Crippen molar-refractivity contribution >= 4 is 34.1 Å². The van der Waals surface area contributed by atoms with Crippen molar-refractivity contribution in [3.05, 3.63) is 72.3 Å². The predicted octanol–water partition coefficient (Wildman–Crippen LogP) is 4.88. The van der Waals surface area contributed by atoms with Crippen LogP contribution in [0, 0.1) is 0 Å². The van der Waals surface area contributed by atoms with Crippen molar-refractivity contribution in [3.63, 3.8) is 0 Å². The number of hydrogen-bond donors (Lipinski definition) is 2. The van der Waals surface area contributed by atoms with Crippen molar-refractivity contribution < 1.29 is 4.79 Å². The molecule has 0 spiro atoms. The van der Waals surface area contributed by atoms with Crippen molar-refractivity contribution in [2.75, 3.05) is 5.32 Å². The number of carbonyl (C=O) groups excluding carboxylic acids is 1. The molecule has 0 unspecified atom stereocenters. The lowest BCUT2D eigenvalue weighted by Gasteiger charge is -2.04. The number of hydrogen-bond acceptors (Lipinski definition) is 4. The van der Waals surface area contributed by atoms with Gasteiger partial charge in [-0.15, -0.1) is 5.10 Å². The molecule has 0 saturated carbocycles. The number of aromatic amines is 1. The van der Waals surface area contributed by atoms with Gasteiger partial charge in [0.2, 0.25) is 11.1 Å². The van der Waals surface area contributed by atoms with Crippen LogP contribution >= 0.6 is 11.8 Å². The Balaban J connectivity index is 1.47. The van der Waals surface area contributed by atoms with Gasteiger partial charge in [-0.2, -0.15) is 0 Å². The van der Waals surface area contributed by atoms with Crippen LogP contribution in [0.3, 0.4) is 0 Å². The number of carbonyl (C=O) groups is 1. The maximum atomic E-state index is 11.1. The highest BCUT2D eigenvalue weighted by atomic mass is 32.2. The Bertz CT molecular complexity index is 1080. The van der Waals surface area contributed by atoms with E-state index in [4.69, 9.17) is 0 Å². The highest BCUT2D eigenvalue weighted by Gasteiger charge is 2.08. The third-order valence-electron chi connectivity index (χ3n) is 4.18. The van der Waals surface area contributed by atoms with Gasteiger partial charge < -0.3 is 5.32 Å². The molecular weight excluding hydrogens is 356 g/mol. The third-order valence-corrected chi connectivity index (χ3v) is 5.08. The number of amides is 1. The molecular formula is C21H18N4OS. The lowest BCUT2D eigenvalue weighted by molar-refractivity contribution is -0.114. The number of H-pyrrole nitrogens is 1. The van der Waals surface area contributed by atoms with Crippen LogP contribution in [0.5, 0.6) is 0 Å². The molecule has 0 atom stereocenters. The van der Waals surface area contributed by atoms with E-state index in [2.05, 4.69) is 63.0 Å². The predicted molar refractivity (Wildman–Crippen MR) is 110 cm³/mol. The number of thioether (sulfide) groups is 1. The first-order valence-corrected chi connectivity index (χ1v) is 9.57. The lowest BCUT2D eigenvalue weighted by Crippen LogP contribution is -2.05. The summed E-state index contributed by atoms with van der Waals surface area (Å²) in [5.41, 5.74) is 2.95. The average molecular weight is 374 g/mol. The van der Waals surface area contributed by atoms with Gasteiger partial charge in [-0.1, -0.05) is 54.2 Å². The van der Waals surface area contributed by atoms with Gasteiger partial charge >= 0.3 is 0 Å². The summed E-state index contributed by atoms with van der Waals surface area (Å²) in [7, 11) is 0. The van der Waals surface area contributed by atoms with Crippen molar-refractivity contribution in [3.8, 4) is 11.4 Å². The number of nitrogens with one attached hydrogen (secondary N) is 2. The van der Waals surface area contributed by atoms with Crippen LogP contribution < -0.4 is 5.32 Å². The van der Waals surface area contributed by atoms with Gasteiger partial charge in [0, 0.05) is 23.9 Å². The highest BCUT2D eigenvalue weighted by Crippen LogP contribution is 2.27. The zero-order valence-electron chi connectivity index (χ0n) is 14.8. The minimum Gasteiger partial charge on any atom is -0.326 e. The number of aromatic nitrogens is 3. The molecule has 134 valence electrons. The molecule has 3 aromatic carbocycles. The van der Waals surface area contributed by atoms with E-state index >= 15 is 0 Å². The first kappa shape index (κ1) is 17.3. The van der Waals surface area contributed by atoms with Crippen molar-refractivity contribution in [1.82, 2.24) is 15.2 Å². The highest BCUT2D eigenvalue weighted by molar-refractivity contribution is 7.98. The van der Waals surface area contributed by atoms with Gasteiger partial charge in [-0.05, 0) is 40.6 Å². The summed E-state index contributed by atoms with van der Waals surface area (Å²) in [5.74, 6) is 1.43. The van der Waals surface area contributed by atoms with Crippen LogP contribution in [-0.2, 0) is 10.5 Å². The zero-order valence-corrected chi connectivity index (χ0v) is 15.6. The molecule has 0 radical (unpaired) electrons. The van der Waals surface area contributed by atoms with E-state index in [0.29, 0.717) is 11.0 Å². The standard InChI is InChI=1S/C21H18N4OS/c1-14(26)22-18-11-9-16(10-12-18)20-23-21(25-24-20)27-13-17-7-4-6-15-5-2-3-8-19(15)17/h2-12H,13H2,1H3,(H,22,26)(H,23,24,25). The quantitative estimate of drug-likeness (QED) is 0.489. The maximum Gasteiger partial charge on any atom is 0.221 e. The fourth-order valence-electron chi connectivity index (χ4n) is 2.92. The van der Waals surface area contributed by atoms with Crippen LogP contribution in [0.25, 0.3) is 22.2 Å². The summed E-state index contributed by atoms with van der Waals surface area (Å²) in [6.07, 6.45) is 0. The average Bonchev–Trinajstić information content (AvgIpc) is 3.15. The van der Waals surface area contributed by atoms with E-state index in [9.17, 15) is 4.79 Å². The summed E-state index contributed by atoms with van der Waals surface area (Å²) >= 11 is 1.60. The number of rotatable bonds is 5. The van der Waals surface area contributed by atoms with Gasteiger partial charge in [-0.3, -0.25) is 9.89 Å². The maximum absolute atomic E-state index is 11.1. The van der Waals surface area contributed by atoms with Crippen LogP contribution in [0.15, 0.2) is 71.9 Å². The summed E-state index contributed by atoms with van der Waals surface area (Å²) in [6, 6.07) is 22.2. The summed E-state index contributed by atoms with van der Waals surface area (Å²) in [5, 5.41) is 13.3. The summed E-state index contributed by atoms with van der Waals surface area (Å²) < 4.78 is 0. The first-order chi connectivity index (χ1) is 13.2. The Hall–Kier alpha value is -3.12. The Kier molecular flexibility index (Phi) is 4.89. The second-order valence-electron chi connectivity index (χ2n) is 6.15. The minimum atomic E-state index is -0.0884. The van der Waals surface area contributed by atoms with E-state index in [1.807, 2.05) is 24.3 Å². The van der Waals surface area contributed by atoms with Crippen molar-refractivity contribution in [2.24, 2.45) is 0 Å². The van der Waals surface area contributed by atoms with Crippen molar-refractivity contribution in [1.29, 1.82) is 0 Å². The fraction of sp³-hybridized carbons (Fsp3) is 0.0952. The molecule has 0 fully saturated rings. The Morgan fingerprint density at radius 1 is 1.04 bits per heavy atom. The largest absolute Gasteiger partial charge is 0.326 e. The lowest BCUT2D eigenvalue weighted by atomic mass is 10.1. The van der Waals surface area contributed by atoms with Crippen LogP contribution in [0.4, 0.5) is 5.69 Å². The molecule has 2 N–H and O–H groups in total. The summed E-state index contributed by atoms with van der Waals surface area (Å²) in [4.78, 5) is 15.7. The molecule has 1 heterocycles. The molecule has 6 heteroatoms. The smallest absolute Gasteiger partial charge is 0.221 e. The van der Waals surface area contributed by atoms with Gasteiger partial charge in [0.15, 0.2) is 5.82 Å². The normalized spacial score (nSPS) is 10.9. The third kappa shape index (κ3) is 4.01. The Labute approximate surface area is 161 Å². The fourth-order valence-corrected chi connectivity index (χ4v) is 3.72. The van der Waals surface area contributed by atoms with E-state index in [1.165, 1.54) is 23.3 Å². The monoisotopic (exact) mass is 374 g/mol. The molecule has 5 nitrogen and oxygen atoms in total. The van der Waals surface area contributed by atoms with Gasteiger partial charge in [-0.25, -0.2) is 4.98 Å². The van der Waals surface area contributed by atoms with Crippen molar-refractivity contribution in [2.45, 2.75) is 17.8 Å². The molecule has 0 aliphatic carbocycles. The number of fused-ring (bicyclic) bond motifs is 1. The molecule has 1 aromatic heterocycles. The number of anilines is 1. The topological polar surface area (TPSA) is 70.7 Å². The van der Waals surface area contributed by atoms with Gasteiger partial charge in [0.25, 0.3) is 0 Å². The minimum absolute atomic E-state index is 0.0884. The molecule has 1 amide bonds. The first-order valence-electron chi connectivity index (χ1n) is 8.59. The van der Waals surface area contributed by atoms with Gasteiger partial charge in [0.05, 0.1) is 0 Å². The SMILES string of the molecule is CC(=O)Nc1ccc(-c2nc(SCc3cccc4ccccc34)n[nH]2)cc1. The van der Waals surface area contributed by atoms with Crippen LogP contribution in [-0.4, -0.2) is 21.1 Å². The molecule has 0 aliphatic rings. The van der Waals surface area contributed by atoms with Crippen LogP contribution in [0.2, 0.25) is 0 Å². The molecule has 0 bridgehead atoms. The van der Waals surface area contributed by atoms with E-state index in [0.717, 1.165) is 17.0 Å². The Morgan fingerprint density at radius 2 is 1.81 bits per heavy atom. The number of benzene rings is 3. The molecule has 4 rings (SSSR count). The molecule has 0 saturated heterocycles. The molecule has 0 aliphatic heterocycles. The van der Waals surface area contributed by atoms with E-state index < -0.39 is 0 Å². The molecule has 27 heavy (non-hydrogen) atoms. The Morgan fingerprint density at radius 3 is 2.63 bits per heavy atom. The summed E-state index contributed by atoms with van der Waals surface area (Å²) in [6.45, 7) is 1.49. The second kappa shape index (κ2) is 7.63. The second-order valence-corrected chi connectivity index (χ2v) is 7.09. The van der Waals surface area contributed by atoms with Gasteiger partial charge in [0.1, 0.15) is 0 Å². The number of nitrogens with zero attached hydrogens (tertiary/aromatic N) is 2. The van der Waals surface area contributed by atoms with Crippen LogP contribution in [0.1, 0.15) is 12.5 Å². The molecule has 4 aromatic rings. The van der Waals surface area contributed by atoms with E-state index in [1.54, 1.807) is 11.8 Å².